The summed E-state index contributed by atoms with van der Waals surface area (Å²) in [6.07, 6.45) is 0. The molecule has 1 heterocycles. The molecule has 0 saturated carbocycles. The van der Waals surface area contributed by atoms with Crippen LogP contribution < -0.4 is 10.2 Å². The van der Waals surface area contributed by atoms with Gasteiger partial charge in [-0.25, -0.2) is 4.79 Å². The van der Waals surface area contributed by atoms with Crippen molar-refractivity contribution in [3.8, 4) is 0 Å². The summed E-state index contributed by atoms with van der Waals surface area (Å²) in [7, 11) is 5.01. The molecule has 0 aliphatic carbocycles. The Hall–Kier alpha value is -4.38. The van der Waals surface area contributed by atoms with Crippen LogP contribution in [0.3, 0.4) is 0 Å². The van der Waals surface area contributed by atoms with E-state index in [4.69, 9.17) is 19.2 Å². The molecule has 1 unspecified atom stereocenters. The normalized spacial score (nSPS) is 14.4. The predicted octanol–water partition coefficient (Wildman–Crippen LogP) is 4.28. The van der Waals surface area contributed by atoms with Crippen molar-refractivity contribution >= 4 is 40.6 Å². The summed E-state index contributed by atoms with van der Waals surface area (Å²) in [6.45, 7) is 4.53. The molecule has 1 N–H and O–H groups in total. The highest BCUT2D eigenvalue weighted by molar-refractivity contribution is 6.24. The molecule has 226 valence electrons. The molecule has 1 atom stereocenters. The number of nitrogens with zero attached hydrogens (tertiary/aromatic N) is 3. The monoisotopic (exact) mass is 586 g/mol. The van der Waals surface area contributed by atoms with Crippen molar-refractivity contribution in [2.45, 2.75) is 12.8 Å². The first-order chi connectivity index (χ1) is 20.9. The molecule has 43 heavy (non-hydrogen) atoms. The third-order valence-electron chi connectivity index (χ3n) is 7.18. The number of likely N-dealkylation sites (N-methyl/N-ethyl adjacent to an activating group) is 1. The van der Waals surface area contributed by atoms with E-state index in [2.05, 4.69) is 5.32 Å². The van der Waals surface area contributed by atoms with Gasteiger partial charge in [0.25, 0.3) is 0 Å². The fourth-order valence-corrected chi connectivity index (χ4v) is 4.82. The predicted molar refractivity (Wildman–Crippen MR) is 166 cm³/mol. The lowest BCUT2D eigenvalue weighted by Gasteiger charge is -2.24. The zero-order valence-electron chi connectivity index (χ0n) is 25.0. The molecule has 0 fully saturated rings. The minimum absolute atomic E-state index is 0.0603. The summed E-state index contributed by atoms with van der Waals surface area (Å²) in [5.41, 5.74) is 4.39. The first-order valence-electron chi connectivity index (χ1n) is 14.2. The number of carbonyl (C=O) groups excluding carboxylic acids is 3. The molecule has 3 aromatic carbocycles. The highest BCUT2D eigenvalue weighted by Crippen LogP contribution is 2.37. The molecule has 3 aromatic rings. The Morgan fingerprint density at radius 3 is 2.21 bits per heavy atom. The number of esters is 1. The number of anilines is 2. The minimum atomic E-state index is -0.678. The van der Waals surface area contributed by atoms with Crippen LogP contribution in [0.25, 0.3) is 0 Å². The molecule has 0 saturated heterocycles. The van der Waals surface area contributed by atoms with Crippen molar-refractivity contribution in [3.05, 3.63) is 89.5 Å². The molecule has 1 aliphatic heterocycles. The molecule has 4 rings (SSSR count). The van der Waals surface area contributed by atoms with E-state index >= 15 is 0 Å². The number of hydrogen-bond acceptors (Lipinski definition) is 8. The average molecular weight is 587 g/mol. The minimum Gasteiger partial charge on any atom is -0.462 e. The largest absolute Gasteiger partial charge is 0.462 e. The number of benzene rings is 3. The van der Waals surface area contributed by atoms with Gasteiger partial charge in [-0.15, -0.1) is 0 Å². The number of rotatable bonds is 14. The van der Waals surface area contributed by atoms with Crippen molar-refractivity contribution in [1.82, 2.24) is 4.90 Å². The van der Waals surface area contributed by atoms with E-state index in [1.165, 1.54) is 0 Å². The zero-order valence-corrected chi connectivity index (χ0v) is 25.0. The number of nitrogens with one attached hydrogen (secondary N) is 1. The number of fused-ring (bicyclic) bond motifs is 1. The van der Waals surface area contributed by atoms with E-state index in [9.17, 15) is 14.4 Å². The van der Waals surface area contributed by atoms with Gasteiger partial charge in [0.05, 0.1) is 43.3 Å². The third kappa shape index (κ3) is 7.92. The number of hydrogen-bond donors (Lipinski definition) is 1. The highest BCUT2D eigenvalue weighted by Gasteiger charge is 2.36. The molecular weight excluding hydrogens is 548 g/mol. The van der Waals surface area contributed by atoms with Gasteiger partial charge in [0.1, 0.15) is 5.92 Å². The lowest BCUT2D eigenvalue weighted by Crippen LogP contribution is -2.41. The van der Waals surface area contributed by atoms with Gasteiger partial charge in [0.15, 0.2) is 0 Å². The Bertz CT molecular complexity index is 1430. The smallest absolute Gasteiger partial charge is 0.338 e. The van der Waals surface area contributed by atoms with E-state index in [1.807, 2.05) is 59.5 Å². The quantitative estimate of drug-likeness (QED) is 0.222. The molecule has 10 nitrogen and oxygen atoms in total. The summed E-state index contributed by atoms with van der Waals surface area (Å²) in [6, 6.07) is 21.9. The van der Waals surface area contributed by atoms with Gasteiger partial charge >= 0.3 is 5.97 Å². The fraction of sp³-hybridized carbons (Fsp3) is 0.333. The summed E-state index contributed by atoms with van der Waals surface area (Å²) >= 11 is 0. The number of methoxy groups -OCH3 is 2. The standard InChI is InChI=1S/C33H38N4O6/c1-5-43-33(40)24-11-16-27-28(21-24)35-32(39)30(27)31(23-9-7-6-8-10-23)34-25-12-14-26(15-13-25)36(2)29(38)22-37(17-19-41-3)18-20-42-4/h6-16,21,30H,5,17-20,22H2,1-4H3,(H,35,39). The molecule has 0 spiro atoms. The van der Waals surface area contributed by atoms with E-state index in [1.54, 1.807) is 51.3 Å². The number of ether oxygens (including phenoxy) is 3. The second kappa shape index (κ2) is 15.2. The second-order valence-electron chi connectivity index (χ2n) is 10.0. The maximum absolute atomic E-state index is 13.3. The van der Waals surface area contributed by atoms with Gasteiger partial charge in [-0.05, 0) is 54.4 Å². The number of amides is 2. The Labute approximate surface area is 252 Å². The second-order valence-corrected chi connectivity index (χ2v) is 10.0. The van der Waals surface area contributed by atoms with Crippen LogP contribution >= 0.6 is 0 Å². The SMILES string of the molecule is CCOC(=O)c1ccc2c(c1)NC(=O)C2C(=Nc1ccc(N(C)C(=O)CN(CCOC)CCOC)cc1)c1ccccc1. The molecule has 2 amide bonds. The summed E-state index contributed by atoms with van der Waals surface area (Å²) in [5.74, 6) is -1.41. The zero-order chi connectivity index (χ0) is 30.8. The fourth-order valence-electron chi connectivity index (χ4n) is 4.82. The summed E-state index contributed by atoms with van der Waals surface area (Å²) in [4.78, 5) is 47.2. The Morgan fingerprint density at radius 1 is 0.907 bits per heavy atom. The first-order valence-corrected chi connectivity index (χ1v) is 14.2. The van der Waals surface area contributed by atoms with Crippen LogP contribution in [0.2, 0.25) is 0 Å². The topological polar surface area (TPSA) is 110 Å². The molecule has 1 aliphatic rings. The van der Waals surface area contributed by atoms with E-state index in [0.717, 1.165) is 16.8 Å². The van der Waals surface area contributed by atoms with Crippen LogP contribution in [0.15, 0.2) is 77.8 Å². The van der Waals surface area contributed by atoms with Crippen molar-refractivity contribution in [2.75, 3.05) is 70.9 Å². The summed E-state index contributed by atoms with van der Waals surface area (Å²) < 4.78 is 15.5. The van der Waals surface area contributed by atoms with E-state index in [-0.39, 0.29) is 25.0 Å². The molecule has 0 radical (unpaired) electrons. The maximum Gasteiger partial charge on any atom is 0.338 e. The van der Waals surface area contributed by atoms with Crippen molar-refractivity contribution in [2.24, 2.45) is 4.99 Å². The van der Waals surface area contributed by atoms with Gasteiger partial charge in [0, 0.05) is 45.7 Å². The lowest BCUT2D eigenvalue weighted by molar-refractivity contribution is -0.119. The van der Waals surface area contributed by atoms with Gasteiger partial charge in [-0.2, -0.15) is 0 Å². The van der Waals surface area contributed by atoms with Crippen LogP contribution in [0.4, 0.5) is 17.1 Å². The van der Waals surface area contributed by atoms with Crippen LogP contribution in [0.1, 0.15) is 34.3 Å². The average Bonchev–Trinajstić information content (AvgIpc) is 3.36. The molecular formula is C33H38N4O6. The number of aliphatic imine (C=N–C) groups is 1. The number of carbonyl (C=O) groups is 3. The van der Waals surface area contributed by atoms with Gasteiger partial charge in [-0.1, -0.05) is 36.4 Å². The van der Waals surface area contributed by atoms with Crippen molar-refractivity contribution < 1.29 is 28.6 Å². The first kappa shape index (κ1) is 31.6. The lowest BCUT2D eigenvalue weighted by atomic mass is 9.90. The van der Waals surface area contributed by atoms with Gasteiger partial charge in [0.2, 0.25) is 11.8 Å². The van der Waals surface area contributed by atoms with Crippen LogP contribution in [0, 0.1) is 0 Å². The van der Waals surface area contributed by atoms with E-state index in [0.29, 0.717) is 49.0 Å². The Balaban J connectivity index is 1.59. The van der Waals surface area contributed by atoms with Gasteiger partial charge in [-0.3, -0.25) is 19.5 Å². The van der Waals surface area contributed by atoms with Gasteiger partial charge < -0.3 is 24.4 Å². The Kier molecular flexibility index (Phi) is 11.2. The third-order valence-corrected chi connectivity index (χ3v) is 7.18. The van der Waals surface area contributed by atoms with Crippen LogP contribution in [-0.4, -0.2) is 89.1 Å². The van der Waals surface area contributed by atoms with Crippen molar-refractivity contribution in [3.63, 3.8) is 0 Å². The molecule has 10 heteroatoms. The van der Waals surface area contributed by atoms with E-state index < -0.39 is 11.9 Å². The van der Waals surface area contributed by atoms with Crippen LogP contribution in [-0.2, 0) is 23.8 Å². The summed E-state index contributed by atoms with van der Waals surface area (Å²) in [5, 5.41) is 2.91. The maximum atomic E-state index is 13.3. The Morgan fingerprint density at radius 2 is 1.58 bits per heavy atom. The highest BCUT2D eigenvalue weighted by atomic mass is 16.5. The molecule has 0 aromatic heterocycles. The molecule has 0 bridgehead atoms. The van der Waals surface area contributed by atoms with Crippen molar-refractivity contribution in [1.29, 1.82) is 0 Å². The van der Waals surface area contributed by atoms with Crippen LogP contribution in [0.5, 0.6) is 0 Å².